The van der Waals surface area contributed by atoms with Gasteiger partial charge < -0.3 is 0 Å². The molecule has 0 N–H and O–H groups in total. The molecule has 18 heavy (non-hydrogen) atoms. The quantitative estimate of drug-likeness (QED) is 0.533. The largest absolute Gasteiger partial charge is 0.206 e. The van der Waals surface area contributed by atoms with Gasteiger partial charge in [0.15, 0.2) is 0 Å². The molecule has 2 aromatic carbocycles. The van der Waals surface area contributed by atoms with Crippen molar-refractivity contribution in [3.05, 3.63) is 41.5 Å². The Balaban J connectivity index is 2.44. The molecule has 0 saturated carbocycles. The Bertz CT molecular complexity index is 564. The number of benzene rings is 2. The van der Waals surface area contributed by atoms with Gasteiger partial charge in [0.25, 0.3) is 0 Å². The second-order valence-electron chi connectivity index (χ2n) is 4.42. The first-order valence-electron chi connectivity index (χ1n) is 6.14. The fourth-order valence-electron chi connectivity index (χ4n) is 1.87. The maximum absolute atomic E-state index is 14.2. The Morgan fingerprint density at radius 3 is 2.61 bits per heavy atom. The van der Waals surface area contributed by atoms with Gasteiger partial charge in [0.05, 0.1) is 0 Å². The molecule has 96 valence electrons. The van der Waals surface area contributed by atoms with Gasteiger partial charge in [-0.3, -0.25) is 0 Å². The van der Waals surface area contributed by atoms with Crippen LogP contribution >= 0.6 is 11.8 Å². The molecule has 0 aliphatic rings. The van der Waals surface area contributed by atoms with E-state index in [1.54, 1.807) is 12.1 Å². The Labute approximate surface area is 110 Å². The topological polar surface area (TPSA) is 0 Å². The van der Waals surface area contributed by atoms with Crippen LogP contribution < -0.4 is 0 Å². The third kappa shape index (κ3) is 2.66. The van der Waals surface area contributed by atoms with Crippen molar-refractivity contribution in [3.8, 4) is 0 Å². The summed E-state index contributed by atoms with van der Waals surface area (Å²) in [6, 6.07) is 6.48. The Kier molecular flexibility index (Phi) is 4.23. The van der Waals surface area contributed by atoms with Crippen LogP contribution in [-0.4, -0.2) is 5.75 Å². The number of aryl methyl sites for hydroxylation is 1. The van der Waals surface area contributed by atoms with E-state index in [1.807, 2.05) is 13.0 Å². The summed E-state index contributed by atoms with van der Waals surface area (Å²) in [6.07, 6.45) is 2.07. The standard InChI is InChI=1S/C15H16F2S/c1-3-4-7-18-14-9-13(16)12-8-10(2)5-6-11(12)15(14)17/h5-6,8-9H,3-4,7H2,1-2H3. The lowest BCUT2D eigenvalue weighted by atomic mass is 10.1. The lowest BCUT2D eigenvalue weighted by Gasteiger charge is -2.08. The van der Waals surface area contributed by atoms with Gasteiger partial charge in [0.1, 0.15) is 11.6 Å². The van der Waals surface area contributed by atoms with Gasteiger partial charge in [-0.15, -0.1) is 11.8 Å². The zero-order valence-corrected chi connectivity index (χ0v) is 11.4. The zero-order chi connectivity index (χ0) is 13.1. The number of halogens is 2. The lowest BCUT2D eigenvalue weighted by molar-refractivity contribution is 0.594. The van der Waals surface area contributed by atoms with Crippen LogP contribution in [0.3, 0.4) is 0 Å². The molecule has 0 amide bonds. The molecule has 0 aliphatic carbocycles. The number of hydrogen-bond acceptors (Lipinski definition) is 1. The van der Waals surface area contributed by atoms with E-state index in [0.29, 0.717) is 15.7 Å². The van der Waals surface area contributed by atoms with E-state index >= 15 is 0 Å². The number of unbranched alkanes of at least 4 members (excludes halogenated alkanes) is 1. The Morgan fingerprint density at radius 1 is 1.11 bits per heavy atom. The predicted octanol–water partition coefficient (Wildman–Crippen LogP) is 5.32. The monoisotopic (exact) mass is 266 g/mol. The molecular weight excluding hydrogens is 250 g/mol. The van der Waals surface area contributed by atoms with Crippen molar-refractivity contribution in [2.24, 2.45) is 0 Å². The van der Waals surface area contributed by atoms with Crippen molar-refractivity contribution in [3.63, 3.8) is 0 Å². The molecule has 0 radical (unpaired) electrons. The summed E-state index contributed by atoms with van der Waals surface area (Å²) in [6.45, 7) is 3.96. The van der Waals surface area contributed by atoms with Crippen molar-refractivity contribution in [1.29, 1.82) is 0 Å². The number of fused-ring (bicyclic) bond motifs is 1. The predicted molar refractivity (Wildman–Crippen MR) is 74.2 cm³/mol. The summed E-state index contributed by atoms with van der Waals surface area (Å²) in [5.41, 5.74) is 0.937. The van der Waals surface area contributed by atoms with Crippen LogP contribution in [0, 0.1) is 18.6 Å². The van der Waals surface area contributed by atoms with E-state index in [-0.39, 0.29) is 11.6 Å². The van der Waals surface area contributed by atoms with Crippen LogP contribution in [0.15, 0.2) is 29.2 Å². The highest BCUT2D eigenvalue weighted by molar-refractivity contribution is 7.99. The van der Waals surface area contributed by atoms with E-state index in [0.717, 1.165) is 24.2 Å². The van der Waals surface area contributed by atoms with E-state index < -0.39 is 0 Å². The molecule has 2 aromatic rings. The Hall–Kier alpha value is -1.09. The molecule has 0 saturated heterocycles. The van der Waals surface area contributed by atoms with Gasteiger partial charge in [0.2, 0.25) is 0 Å². The van der Waals surface area contributed by atoms with Gasteiger partial charge in [-0.25, -0.2) is 8.78 Å². The molecule has 0 unspecified atom stereocenters. The van der Waals surface area contributed by atoms with Crippen LogP contribution in [-0.2, 0) is 0 Å². The van der Waals surface area contributed by atoms with Gasteiger partial charge in [-0.2, -0.15) is 0 Å². The minimum Gasteiger partial charge on any atom is -0.206 e. The molecule has 0 heterocycles. The molecule has 0 aliphatic heterocycles. The third-order valence-corrected chi connectivity index (χ3v) is 4.00. The van der Waals surface area contributed by atoms with Crippen molar-refractivity contribution in [2.75, 3.05) is 5.75 Å². The van der Waals surface area contributed by atoms with E-state index in [2.05, 4.69) is 6.92 Å². The van der Waals surface area contributed by atoms with Crippen LogP contribution in [0.2, 0.25) is 0 Å². The maximum Gasteiger partial charge on any atom is 0.144 e. The molecule has 0 atom stereocenters. The SMILES string of the molecule is CCCCSc1cc(F)c2cc(C)ccc2c1F. The molecule has 2 rings (SSSR count). The first kappa shape index (κ1) is 13.3. The highest BCUT2D eigenvalue weighted by Gasteiger charge is 2.12. The summed E-state index contributed by atoms with van der Waals surface area (Å²) in [5, 5.41) is 0.743. The molecule has 0 bridgehead atoms. The first-order valence-corrected chi connectivity index (χ1v) is 7.13. The number of rotatable bonds is 4. The number of hydrogen-bond donors (Lipinski definition) is 0. The summed E-state index contributed by atoms with van der Waals surface area (Å²) in [5.74, 6) is 0.186. The van der Waals surface area contributed by atoms with Crippen LogP contribution in [0.25, 0.3) is 10.8 Å². The molecule has 0 fully saturated rings. The Morgan fingerprint density at radius 2 is 1.89 bits per heavy atom. The highest BCUT2D eigenvalue weighted by atomic mass is 32.2. The van der Waals surface area contributed by atoms with Crippen molar-refractivity contribution < 1.29 is 8.78 Å². The summed E-state index contributed by atoms with van der Waals surface area (Å²) >= 11 is 1.39. The average molecular weight is 266 g/mol. The highest BCUT2D eigenvalue weighted by Crippen LogP contribution is 2.31. The summed E-state index contributed by atoms with van der Waals surface area (Å²) in [4.78, 5) is 0.414. The maximum atomic E-state index is 14.2. The van der Waals surface area contributed by atoms with Gasteiger partial charge in [-0.1, -0.05) is 31.0 Å². The van der Waals surface area contributed by atoms with Crippen LogP contribution in [0.1, 0.15) is 25.3 Å². The normalized spacial score (nSPS) is 11.1. The molecular formula is C15H16F2S. The first-order chi connectivity index (χ1) is 8.63. The molecule has 3 heteroatoms. The van der Waals surface area contributed by atoms with Crippen LogP contribution in [0.4, 0.5) is 8.78 Å². The summed E-state index contributed by atoms with van der Waals surface area (Å²) in [7, 11) is 0. The smallest absolute Gasteiger partial charge is 0.144 e. The lowest BCUT2D eigenvalue weighted by Crippen LogP contribution is -1.91. The van der Waals surface area contributed by atoms with E-state index in [1.165, 1.54) is 17.8 Å². The van der Waals surface area contributed by atoms with Gasteiger partial charge in [-0.05, 0) is 31.2 Å². The third-order valence-electron chi connectivity index (χ3n) is 2.90. The minimum absolute atomic E-state index is 0.299. The van der Waals surface area contributed by atoms with Crippen molar-refractivity contribution in [1.82, 2.24) is 0 Å². The fourth-order valence-corrected chi connectivity index (χ4v) is 2.94. The minimum atomic E-state index is -0.339. The second-order valence-corrected chi connectivity index (χ2v) is 5.56. The van der Waals surface area contributed by atoms with Crippen molar-refractivity contribution >= 4 is 22.5 Å². The average Bonchev–Trinajstić information content (AvgIpc) is 2.35. The van der Waals surface area contributed by atoms with Gasteiger partial charge in [0, 0.05) is 15.7 Å². The zero-order valence-electron chi connectivity index (χ0n) is 10.6. The van der Waals surface area contributed by atoms with E-state index in [4.69, 9.17) is 0 Å². The molecule has 0 aromatic heterocycles. The van der Waals surface area contributed by atoms with Crippen molar-refractivity contribution in [2.45, 2.75) is 31.6 Å². The second kappa shape index (κ2) is 5.70. The fraction of sp³-hybridized carbons (Fsp3) is 0.333. The summed E-state index contributed by atoms with van der Waals surface area (Å²) < 4.78 is 28.2. The molecule has 0 spiro atoms. The van der Waals surface area contributed by atoms with E-state index in [9.17, 15) is 8.78 Å². The number of thioether (sulfide) groups is 1. The van der Waals surface area contributed by atoms with Crippen LogP contribution in [0.5, 0.6) is 0 Å². The van der Waals surface area contributed by atoms with Gasteiger partial charge >= 0.3 is 0 Å². The molecule has 0 nitrogen and oxygen atoms in total.